The van der Waals surface area contributed by atoms with Crippen molar-refractivity contribution >= 4 is 23.5 Å². The molecule has 0 fully saturated rings. The molecule has 3 nitrogen and oxygen atoms in total. The van der Waals surface area contributed by atoms with E-state index in [-0.39, 0.29) is 0 Å². The highest BCUT2D eigenvalue weighted by molar-refractivity contribution is 7.99. The van der Waals surface area contributed by atoms with E-state index in [1.165, 1.54) is 9.79 Å². The Morgan fingerprint density at radius 2 is 2.04 bits per heavy atom. The Bertz CT molecular complexity index is 653. The Morgan fingerprint density at radius 1 is 1.24 bits per heavy atom. The van der Waals surface area contributed by atoms with Gasteiger partial charge in [0.15, 0.2) is 0 Å². The van der Waals surface area contributed by atoms with Crippen LogP contribution in [-0.2, 0) is 0 Å². The van der Waals surface area contributed by atoms with E-state index in [2.05, 4.69) is 42.6 Å². The van der Waals surface area contributed by atoms with Crippen LogP contribution in [0.5, 0.6) is 11.5 Å². The fourth-order valence-corrected chi connectivity index (χ4v) is 4.72. The minimum absolute atomic E-state index is 0.385. The summed E-state index contributed by atoms with van der Waals surface area (Å²) < 4.78 is 11.4. The number of hydrogen-bond donors (Lipinski definition) is 1. The molecule has 0 spiro atoms. The number of hydrogen-bond acceptors (Lipinski definition) is 5. The number of thioether (sulfide) groups is 2. The predicted octanol–water partition coefficient (Wildman–Crippen LogP) is 4.57. The largest absolute Gasteiger partial charge is 0.496 e. The summed E-state index contributed by atoms with van der Waals surface area (Å²) in [5, 5.41) is 3.67. The van der Waals surface area contributed by atoms with Crippen LogP contribution in [0.25, 0.3) is 0 Å². The van der Waals surface area contributed by atoms with Gasteiger partial charge >= 0.3 is 0 Å². The Kier molecular flexibility index (Phi) is 6.96. The van der Waals surface area contributed by atoms with Crippen LogP contribution < -0.4 is 14.8 Å². The van der Waals surface area contributed by atoms with Gasteiger partial charge in [-0.15, -0.1) is 23.5 Å². The van der Waals surface area contributed by atoms with Gasteiger partial charge in [-0.1, -0.05) is 31.2 Å². The quantitative estimate of drug-likeness (QED) is 0.717. The van der Waals surface area contributed by atoms with E-state index >= 15 is 0 Å². The van der Waals surface area contributed by atoms with E-state index in [0.29, 0.717) is 12.0 Å². The molecule has 1 aliphatic rings. The number of benzene rings is 2. The second-order valence-electron chi connectivity index (χ2n) is 6.24. The summed E-state index contributed by atoms with van der Waals surface area (Å²) in [6.07, 6.45) is 0. The average Bonchev–Trinajstić information content (AvgIpc) is 2.87. The van der Waals surface area contributed by atoms with Crippen LogP contribution in [-0.4, -0.2) is 37.8 Å². The van der Waals surface area contributed by atoms with Gasteiger partial charge in [-0.05, 0) is 36.7 Å². The first-order valence-electron chi connectivity index (χ1n) is 8.60. The topological polar surface area (TPSA) is 30.5 Å². The monoisotopic (exact) mass is 375 g/mol. The lowest BCUT2D eigenvalue weighted by Crippen LogP contribution is -2.39. The smallest absolute Gasteiger partial charge is 0.132 e. The zero-order chi connectivity index (χ0) is 17.5. The molecule has 2 aromatic carbocycles. The van der Waals surface area contributed by atoms with E-state index in [4.69, 9.17) is 9.47 Å². The van der Waals surface area contributed by atoms with Crippen LogP contribution >= 0.6 is 23.5 Å². The zero-order valence-electron chi connectivity index (χ0n) is 14.7. The Labute approximate surface area is 158 Å². The standard InChI is InChI=1S/C20H25NO2S2/c1-15(13-24-19-9-5-3-7-17(19)22-2)11-21-16-12-23-18-8-4-6-10-20(18)25-14-16/h3-10,15-16,21H,11-14H2,1-2H3/t15-,16?/m0/s1. The van der Waals surface area contributed by atoms with Crippen molar-refractivity contribution in [2.45, 2.75) is 22.8 Å². The lowest BCUT2D eigenvalue weighted by atomic mass is 10.2. The highest BCUT2D eigenvalue weighted by Crippen LogP contribution is 2.32. The normalized spacial score (nSPS) is 17.9. The van der Waals surface area contributed by atoms with Crippen molar-refractivity contribution in [2.24, 2.45) is 5.92 Å². The van der Waals surface area contributed by atoms with Gasteiger partial charge in [0.05, 0.1) is 13.2 Å². The molecule has 0 saturated carbocycles. The summed E-state index contributed by atoms with van der Waals surface area (Å²) in [6, 6.07) is 16.9. The molecule has 1 heterocycles. The third kappa shape index (κ3) is 5.33. The summed E-state index contributed by atoms with van der Waals surface area (Å²) in [5.74, 6) is 4.65. The molecule has 1 unspecified atom stereocenters. The highest BCUT2D eigenvalue weighted by Gasteiger charge is 2.17. The summed E-state index contributed by atoms with van der Waals surface area (Å²) >= 11 is 3.73. The van der Waals surface area contributed by atoms with Gasteiger partial charge in [0, 0.05) is 21.3 Å². The van der Waals surface area contributed by atoms with Gasteiger partial charge in [0.25, 0.3) is 0 Å². The van der Waals surface area contributed by atoms with Crippen LogP contribution in [0.15, 0.2) is 58.3 Å². The molecule has 0 radical (unpaired) electrons. The first-order chi connectivity index (χ1) is 12.3. The van der Waals surface area contributed by atoms with E-state index in [9.17, 15) is 0 Å². The van der Waals surface area contributed by atoms with Crippen LogP contribution in [0.1, 0.15) is 6.92 Å². The van der Waals surface area contributed by atoms with Gasteiger partial charge in [0.2, 0.25) is 0 Å². The maximum atomic E-state index is 5.95. The Balaban J connectivity index is 1.43. The SMILES string of the molecule is COc1ccccc1SC[C@@H](C)CNC1COc2ccccc2SC1. The van der Waals surface area contributed by atoms with Crippen LogP contribution in [0.3, 0.4) is 0 Å². The second kappa shape index (κ2) is 9.41. The van der Waals surface area contributed by atoms with E-state index < -0.39 is 0 Å². The molecule has 2 atom stereocenters. The number of para-hydroxylation sites is 2. The van der Waals surface area contributed by atoms with Crippen molar-refractivity contribution in [3.8, 4) is 11.5 Å². The minimum atomic E-state index is 0.385. The Morgan fingerprint density at radius 3 is 2.92 bits per heavy atom. The maximum absolute atomic E-state index is 5.95. The third-order valence-electron chi connectivity index (χ3n) is 4.08. The number of nitrogens with one attached hydrogen (secondary N) is 1. The van der Waals surface area contributed by atoms with E-state index in [1.807, 2.05) is 41.7 Å². The number of methoxy groups -OCH3 is 1. The van der Waals surface area contributed by atoms with E-state index in [1.54, 1.807) is 7.11 Å². The summed E-state index contributed by atoms with van der Waals surface area (Å²) in [5.41, 5.74) is 0. The fraction of sp³-hybridized carbons (Fsp3) is 0.400. The molecule has 5 heteroatoms. The van der Waals surface area contributed by atoms with Crippen molar-refractivity contribution < 1.29 is 9.47 Å². The van der Waals surface area contributed by atoms with Crippen molar-refractivity contribution in [1.29, 1.82) is 0 Å². The zero-order valence-corrected chi connectivity index (χ0v) is 16.4. The molecule has 25 heavy (non-hydrogen) atoms. The van der Waals surface area contributed by atoms with Crippen LogP contribution in [0, 0.1) is 5.92 Å². The molecule has 0 aliphatic carbocycles. The fourth-order valence-electron chi connectivity index (χ4n) is 2.63. The molecule has 1 N–H and O–H groups in total. The number of fused-ring (bicyclic) bond motifs is 1. The molecule has 1 aliphatic heterocycles. The molecule has 0 saturated heterocycles. The predicted molar refractivity (Wildman–Crippen MR) is 107 cm³/mol. The summed E-state index contributed by atoms with van der Waals surface area (Å²) in [4.78, 5) is 2.45. The number of rotatable bonds is 7. The average molecular weight is 376 g/mol. The molecule has 3 rings (SSSR count). The van der Waals surface area contributed by atoms with Gasteiger partial charge in [-0.25, -0.2) is 0 Å². The minimum Gasteiger partial charge on any atom is -0.496 e. The molecule has 2 aromatic rings. The van der Waals surface area contributed by atoms with Crippen LogP contribution in [0.4, 0.5) is 0 Å². The van der Waals surface area contributed by atoms with Crippen molar-refractivity contribution in [2.75, 3.05) is 31.8 Å². The van der Waals surface area contributed by atoms with Gasteiger partial charge < -0.3 is 14.8 Å². The lowest BCUT2D eigenvalue weighted by Gasteiger charge is -2.19. The molecule has 0 amide bonds. The first kappa shape index (κ1) is 18.5. The summed E-state index contributed by atoms with van der Waals surface area (Å²) in [7, 11) is 1.73. The van der Waals surface area contributed by atoms with Crippen molar-refractivity contribution in [3.63, 3.8) is 0 Å². The second-order valence-corrected chi connectivity index (χ2v) is 8.36. The van der Waals surface area contributed by atoms with Crippen molar-refractivity contribution in [1.82, 2.24) is 5.32 Å². The molecule has 0 bridgehead atoms. The highest BCUT2D eigenvalue weighted by atomic mass is 32.2. The summed E-state index contributed by atoms with van der Waals surface area (Å²) in [6.45, 7) is 4.01. The van der Waals surface area contributed by atoms with Gasteiger partial charge in [-0.2, -0.15) is 0 Å². The Hall–Kier alpha value is -1.30. The third-order valence-corrected chi connectivity index (χ3v) is 6.68. The first-order valence-corrected chi connectivity index (χ1v) is 10.6. The lowest BCUT2D eigenvalue weighted by molar-refractivity contribution is 0.270. The van der Waals surface area contributed by atoms with E-state index in [0.717, 1.165) is 36.2 Å². The van der Waals surface area contributed by atoms with Gasteiger partial charge in [-0.3, -0.25) is 0 Å². The molecular weight excluding hydrogens is 350 g/mol. The molecule has 0 aromatic heterocycles. The molecule has 134 valence electrons. The van der Waals surface area contributed by atoms with Crippen molar-refractivity contribution in [3.05, 3.63) is 48.5 Å². The maximum Gasteiger partial charge on any atom is 0.132 e. The number of ether oxygens (including phenoxy) is 2. The molecular formula is C20H25NO2S2. The van der Waals surface area contributed by atoms with Crippen LogP contribution in [0.2, 0.25) is 0 Å². The van der Waals surface area contributed by atoms with Gasteiger partial charge in [0.1, 0.15) is 18.1 Å².